The number of ether oxygens (including phenoxy) is 1. The molecule has 0 fully saturated rings. The highest BCUT2D eigenvalue weighted by atomic mass is 32.1. The van der Waals surface area contributed by atoms with Crippen molar-refractivity contribution in [2.45, 2.75) is 26.3 Å². The van der Waals surface area contributed by atoms with E-state index in [1.165, 1.54) is 11.5 Å². The summed E-state index contributed by atoms with van der Waals surface area (Å²) in [6.07, 6.45) is 1.81. The monoisotopic (exact) mass is 278 g/mol. The topological polar surface area (TPSA) is 51.1 Å². The van der Waals surface area contributed by atoms with Gasteiger partial charge in [-0.25, -0.2) is 9.97 Å². The molecule has 0 aliphatic rings. The SMILES string of the molecule is COc1cc(CN(C)c2ccnc(C(C)C)n2)sn1. The summed E-state index contributed by atoms with van der Waals surface area (Å²) in [5.74, 6) is 2.79. The molecular formula is C13H18N4OS. The normalized spacial score (nSPS) is 10.8. The number of aromatic nitrogens is 3. The first kappa shape index (κ1) is 13.7. The Hall–Kier alpha value is -1.69. The summed E-state index contributed by atoms with van der Waals surface area (Å²) in [5, 5.41) is 0. The lowest BCUT2D eigenvalue weighted by Gasteiger charge is -2.17. The Morgan fingerprint density at radius 2 is 2.21 bits per heavy atom. The number of nitrogens with zero attached hydrogens (tertiary/aromatic N) is 4. The van der Waals surface area contributed by atoms with Crippen molar-refractivity contribution < 1.29 is 4.74 Å². The molecule has 0 aliphatic heterocycles. The van der Waals surface area contributed by atoms with Crippen LogP contribution >= 0.6 is 11.5 Å². The molecule has 0 amide bonds. The molecule has 19 heavy (non-hydrogen) atoms. The highest BCUT2D eigenvalue weighted by Gasteiger charge is 2.09. The first-order chi connectivity index (χ1) is 9.10. The number of anilines is 1. The van der Waals surface area contributed by atoms with Gasteiger partial charge in [0, 0.05) is 30.1 Å². The van der Waals surface area contributed by atoms with Crippen molar-refractivity contribution in [1.82, 2.24) is 14.3 Å². The third-order valence-corrected chi connectivity index (χ3v) is 3.46. The largest absolute Gasteiger partial charge is 0.480 e. The van der Waals surface area contributed by atoms with Gasteiger partial charge in [0.25, 0.3) is 0 Å². The predicted octanol–water partition coefficient (Wildman–Crippen LogP) is 2.70. The molecule has 0 unspecified atom stereocenters. The van der Waals surface area contributed by atoms with Crippen molar-refractivity contribution in [1.29, 1.82) is 0 Å². The lowest BCUT2D eigenvalue weighted by molar-refractivity contribution is 0.402. The van der Waals surface area contributed by atoms with E-state index < -0.39 is 0 Å². The summed E-state index contributed by atoms with van der Waals surface area (Å²) in [6.45, 7) is 4.94. The molecule has 0 N–H and O–H groups in total. The van der Waals surface area contributed by atoms with E-state index in [4.69, 9.17) is 4.74 Å². The fourth-order valence-corrected chi connectivity index (χ4v) is 2.37. The van der Waals surface area contributed by atoms with E-state index in [0.29, 0.717) is 11.8 Å². The molecule has 0 radical (unpaired) electrons. The van der Waals surface area contributed by atoms with Gasteiger partial charge in [-0.1, -0.05) is 13.8 Å². The zero-order chi connectivity index (χ0) is 13.8. The lowest BCUT2D eigenvalue weighted by atomic mass is 10.2. The summed E-state index contributed by atoms with van der Waals surface area (Å²) in [4.78, 5) is 12.1. The zero-order valence-corrected chi connectivity index (χ0v) is 12.4. The van der Waals surface area contributed by atoms with E-state index in [0.717, 1.165) is 23.1 Å². The average molecular weight is 278 g/mol. The van der Waals surface area contributed by atoms with Crippen LogP contribution in [0.3, 0.4) is 0 Å². The van der Waals surface area contributed by atoms with Gasteiger partial charge in [0.2, 0.25) is 5.88 Å². The van der Waals surface area contributed by atoms with Crippen molar-refractivity contribution in [2.75, 3.05) is 19.1 Å². The van der Waals surface area contributed by atoms with E-state index in [-0.39, 0.29) is 0 Å². The molecule has 2 aromatic heterocycles. The predicted molar refractivity (Wildman–Crippen MR) is 76.9 cm³/mol. The standard InChI is InChI=1S/C13H18N4OS/c1-9(2)13-14-6-5-11(15-13)17(3)8-10-7-12(18-4)16-19-10/h5-7,9H,8H2,1-4H3. The van der Waals surface area contributed by atoms with Crippen LogP contribution in [0.5, 0.6) is 5.88 Å². The lowest BCUT2D eigenvalue weighted by Crippen LogP contribution is -2.18. The van der Waals surface area contributed by atoms with Gasteiger partial charge in [-0.3, -0.25) is 0 Å². The minimum atomic E-state index is 0.330. The van der Waals surface area contributed by atoms with Gasteiger partial charge in [0.1, 0.15) is 11.6 Å². The molecular weight excluding hydrogens is 260 g/mol. The Labute approximate surface area is 117 Å². The third kappa shape index (κ3) is 3.41. The maximum atomic E-state index is 5.09. The molecule has 0 saturated carbocycles. The first-order valence-electron chi connectivity index (χ1n) is 6.14. The second-order valence-corrected chi connectivity index (χ2v) is 5.51. The van der Waals surface area contributed by atoms with Crippen molar-refractivity contribution in [3.05, 3.63) is 29.0 Å². The molecule has 0 spiro atoms. The van der Waals surface area contributed by atoms with Gasteiger partial charge in [-0.05, 0) is 17.6 Å². The molecule has 2 heterocycles. The van der Waals surface area contributed by atoms with Crippen molar-refractivity contribution in [3.63, 3.8) is 0 Å². The van der Waals surface area contributed by atoms with Crippen LogP contribution in [0.1, 0.15) is 30.5 Å². The number of hydrogen-bond acceptors (Lipinski definition) is 6. The van der Waals surface area contributed by atoms with E-state index in [2.05, 4.69) is 33.1 Å². The highest BCUT2D eigenvalue weighted by Crippen LogP contribution is 2.20. The Morgan fingerprint density at radius 3 is 2.84 bits per heavy atom. The number of hydrogen-bond donors (Lipinski definition) is 0. The fraction of sp³-hybridized carbons (Fsp3) is 0.462. The summed E-state index contributed by atoms with van der Waals surface area (Å²) in [6, 6.07) is 3.87. The van der Waals surface area contributed by atoms with Crippen LogP contribution in [0, 0.1) is 0 Å². The summed E-state index contributed by atoms with van der Waals surface area (Å²) in [5.41, 5.74) is 0. The third-order valence-electron chi connectivity index (χ3n) is 2.71. The van der Waals surface area contributed by atoms with E-state index in [1.54, 1.807) is 13.3 Å². The summed E-state index contributed by atoms with van der Waals surface area (Å²) < 4.78 is 9.28. The van der Waals surface area contributed by atoms with Gasteiger partial charge in [0.05, 0.1) is 13.7 Å². The molecule has 0 aliphatic carbocycles. The zero-order valence-electron chi connectivity index (χ0n) is 11.6. The number of rotatable bonds is 5. The van der Waals surface area contributed by atoms with Crippen LogP contribution in [0.4, 0.5) is 5.82 Å². The van der Waals surface area contributed by atoms with E-state index >= 15 is 0 Å². The Bertz CT molecular complexity index is 541. The smallest absolute Gasteiger partial charge is 0.225 e. The number of methoxy groups -OCH3 is 1. The molecule has 6 heteroatoms. The first-order valence-corrected chi connectivity index (χ1v) is 6.91. The average Bonchev–Trinajstić information content (AvgIpc) is 2.86. The van der Waals surface area contributed by atoms with Gasteiger partial charge in [-0.15, -0.1) is 0 Å². The van der Waals surface area contributed by atoms with Crippen LogP contribution in [-0.2, 0) is 6.54 Å². The Balaban J connectivity index is 2.10. The summed E-state index contributed by atoms with van der Waals surface area (Å²) >= 11 is 1.45. The molecule has 0 atom stereocenters. The summed E-state index contributed by atoms with van der Waals surface area (Å²) in [7, 11) is 3.64. The molecule has 0 saturated heterocycles. The minimum absolute atomic E-state index is 0.330. The molecule has 0 aromatic carbocycles. The van der Waals surface area contributed by atoms with Crippen molar-refractivity contribution in [2.24, 2.45) is 0 Å². The van der Waals surface area contributed by atoms with Crippen molar-refractivity contribution >= 4 is 17.4 Å². The Kier molecular flexibility index (Phi) is 4.31. The second kappa shape index (κ2) is 5.97. The molecule has 2 rings (SSSR count). The van der Waals surface area contributed by atoms with Gasteiger partial charge in [-0.2, -0.15) is 4.37 Å². The van der Waals surface area contributed by atoms with Gasteiger partial charge >= 0.3 is 0 Å². The quantitative estimate of drug-likeness (QED) is 0.841. The van der Waals surface area contributed by atoms with Crippen LogP contribution < -0.4 is 9.64 Å². The molecule has 2 aromatic rings. The Morgan fingerprint density at radius 1 is 1.42 bits per heavy atom. The molecule has 0 bridgehead atoms. The molecule has 102 valence electrons. The van der Waals surface area contributed by atoms with E-state index in [9.17, 15) is 0 Å². The molecule has 5 nitrogen and oxygen atoms in total. The van der Waals surface area contributed by atoms with Gasteiger partial charge in [0.15, 0.2) is 0 Å². The van der Waals surface area contributed by atoms with Crippen LogP contribution in [-0.4, -0.2) is 28.5 Å². The maximum absolute atomic E-state index is 5.09. The van der Waals surface area contributed by atoms with Gasteiger partial charge < -0.3 is 9.64 Å². The van der Waals surface area contributed by atoms with Crippen molar-refractivity contribution in [3.8, 4) is 5.88 Å². The van der Waals surface area contributed by atoms with Crippen LogP contribution in [0.25, 0.3) is 0 Å². The minimum Gasteiger partial charge on any atom is -0.480 e. The fourth-order valence-electron chi connectivity index (χ4n) is 1.63. The maximum Gasteiger partial charge on any atom is 0.225 e. The second-order valence-electron chi connectivity index (χ2n) is 4.62. The highest BCUT2D eigenvalue weighted by molar-refractivity contribution is 7.05. The van der Waals surface area contributed by atoms with Crippen LogP contribution in [0.15, 0.2) is 18.3 Å². The van der Waals surface area contributed by atoms with Crippen LogP contribution in [0.2, 0.25) is 0 Å². The van der Waals surface area contributed by atoms with E-state index in [1.807, 2.05) is 19.2 Å².